The Morgan fingerprint density at radius 2 is 1.53 bits per heavy atom. The van der Waals surface area contributed by atoms with Crippen LogP contribution in [0.4, 0.5) is 0 Å². The number of hydrogen-bond acceptors (Lipinski definition) is 8. The summed E-state index contributed by atoms with van der Waals surface area (Å²) in [5.41, 5.74) is 0.867. The van der Waals surface area contributed by atoms with Gasteiger partial charge in [-0.25, -0.2) is 0 Å². The first-order valence-electron chi connectivity index (χ1n) is 9.59. The highest BCUT2D eigenvalue weighted by atomic mass is 16.6. The van der Waals surface area contributed by atoms with E-state index in [0.717, 1.165) is 5.56 Å². The Kier molecular flexibility index (Phi) is 8.35. The Hall–Kier alpha value is -2.94. The van der Waals surface area contributed by atoms with E-state index in [1.54, 1.807) is 0 Å². The molecule has 0 bridgehead atoms. The van der Waals surface area contributed by atoms with Gasteiger partial charge in [-0.1, -0.05) is 30.3 Å². The largest absolute Gasteiger partial charge is 0.464 e. The maximum atomic E-state index is 12.3. The van der Waals surface area contributed by atoms with Gasteiger partial charge in [-0.05, 0) is 5.56 Å². The van der Waals surface area contributed by atoms with E-state index in [0.29, 0.717) is 0 Å². The molecule has 1 fully saturated rings. The maximum absolute atomic E-state index is 12.3. The summed E-state index contributed by atoms with van der Waals surface area (Å²) < 4.78 is 22.0. The van der Waals surface area contributed by atoms with Crippen LogP contribution in [0.2, 0.25) is 0 Å². The molecule has 0 saturated carbocycles. The van der Waals surface area contributed by atoms with Gasteiger partial charge in [-0.3, -0.25) is 19.2 Å². The van der Waals surface area contributed by atoms with Gasteiger partial charge in [-0.15, -0.1) is 0 Å². The number of piperidine rings is 1. The van der Waals surface area contributed by atoms with Crippen LogP contribution < -0.4 is 0 Å². The number of hydrogen-bond donors (Lipinski definition) is 0. The van der Waals surface area contributed by atoms with E-state index < -0.39 is 42.3 Å². The lowest BCUT2D eigenvalue weighted by atomic mass is 9.93. The van der Waals surface area contributed by atoms with E-state index in [1.807, 2.05) is 30.3 Å². The van der Waals surface area contributed by atoms with Gasteiger partial charge in [0.1, 0.15) is 24.9 Å². The normalized spacial score (nSPS) is 23.4. The van der Waals surface area contributed by atoms with Crippen LogP contribution in [0.5, 0.6) is 0 Å². The quantitative estimate of drug-likeness (QED) is 0.478. The number of ether oxygens (including phenoxy) is 4. The maximum Gasteiger partial charge on any atom is 0.303 e. The fourth-order valence-corrected chi connectivity index (χ4v) is 3.41. The lowest BCUT2D eigenvalue weighted by molar-refractivity contribution is -0.208. The summed E-state index contributed by atoms with van der Waals surface area (Å²) in [7, 11) is 0. The molecule has 0 aromatic heterocycles. The Morgan fingerprint density at radius 1 is 0.900 bits per heavy atom. The number of likely N-dealkylation sites (tertiary alicyclic amines) is 1. The Morgan fingerprint density at radius 3 is 2.07 bits per heavy atom. The molecular formula is C21H27NO8. The summed E-state index contributed by atoms with van der Waals surface area (Å²) in [6.45, 7) is 5.04. The van der Waals surface area contributed by atoms with Gasteiger partial charge in [0.2, 0.25) is 5.91 Å². The highest BCUT2D eigenvalue weighted by Crippen LogP contribution is 2.28. The van der Waals surface area contributed by atoms with Gasteiger partial charge in [0.25, 0.3) is 0 Å². The molecule has 9 heteroatoms. The number of benzene rings is 1. The SMILES string of the molecule is CC(=O)OC[C@@H]1[C@@H](OC(C)=O)[C@H](OCc2ccccc2)[C@@H](OC(C)=O)CN1C(C)=O. The average Bonchev–Trinajstić information content (AvgIpc) is 2.66. The number of amides is 1. The molecule has 0 spiro atoms. The molecule has 1 saturated heterocycles. The van der Waals surface area contributed by atoms with Crippen LogP contribution in [0.1, 0.15) is 33.3 Å². The fraction of sp³-hybridized carbons (Fsp3) is 0.524. The molecule has 0 N–H and O–H groups in total. The van der Waals surface area contributed by atoms with Crippen LogP contribution in [0.15, 0.2) is 30.3 Å². The topological polar surface area (TPSA) is 108 Å². The molecule has 9 nitrogen and oxygen atoms in total. The minimum Gasteiger partial charge on any atom is -0.464 e. The molecule has 164 valence electrons. The first kappa shape index (κ1) is 23.3. The van der Waals surface area contributed by atoms with Crippen molar-refractivity contribution in [1.82, 2.24) is 4.90 Å². The summed E-state index contributed by atoms with van der Waals surface area (Å²) in [6.07, 6.45) is -2.74. The zero-order chi connectivity index (χ0) is 22.3. The minimum absolute atomic E-state index is 0.0120. The van der Waals surface area contributed by atoms with Crippen LogP contribution in [0.25, 0.3) is 0 Å². The molecule has 1 amide bonds. The zero-order valence-corrected chi connectivity index (χ0v) is 17.5. The average molecular weight is 421 g/mol. The van der Waals surface area contributed by atoms with E-state index in [-0.39, 0.29) is 25.7 Å². The molecule has 1 aromatic rings. The van der Waals surface area contributed by atoms with Crippen molar-refractivity contribution in [2.75, 3.05) is 13.2 Å². The van der Waals surface area contributed by atoms with Crippen molar-refractivity contribution in [3.05, 3.63) is 35.9 Å². The standard InChI is InChI=1S/C21H27NO8/c1-13(23)22-10-19(29-15(3)25)21(28-11-17-8-6-5-7-9-17)20(30-16(4)26)18(22)12-27-14(2)24/h5-9,18-21H,10-12H2,1-4H3/t18-,19+,20-,21-/m1/s1. The van der Waals surface area contributed by atoms with Crippen LogP contribution in [-0.4, -0.2) is 66.2 Å². The van der Waals surface area contributed by atoms with Crippen LogP contribution >= 0.6 is 0 Å². The molecule has 1 aliphatic rings. The number of nitrogens with zero attached hydrogens (tertiary/aromatic N) is 1. The molecule has 0 unspecified atom stereocenters. The second kappa shape index (κ2) is 10.7. The van der Waals surface area contributed by atoms with Crippen molar-refractivity contribution < 1.29 is 38.1 Å². The van der Waals surface area contributed by atoms with Crippen LogP contribution in [0, 0.1) is 0 Å². The predicted molar refractivity (Wildman–Crippen MR) is 104 cm³/mol. The summed E-state index contributed by atoms with van der Waals surface area (Å²) in [6, 6.07) is 8.52. The van der Waals surface area contributed by atoms with E-state index in [4.69, 9.17) is 18.9 Å². The monoisotopic (exact) mass is 421 g/mol. The number of carbonyl (C=O) groups excluding carboxylic acids is 4. The summed E-state index contributed by atoms with van der Waals surface area (Å²) in [4.78, 5) is 48.5. The Balaban J connectivity index is 2.37. The molecule has 0 radical (unpaired) electrons. The van der Waals surface area contributed by atoms with Crippen molar-refractivity contribution in [2.45, 2.75) is 58.7 Å². The Bertz CT molecular complexity index is 766. The molecule has 30 heavy (non-hydrogen) atoms. The molecule has 2 rings (SSSR count). The third-order valence-corrected chi connectivity index (χ3v) is 4.61. The minimum atomic E-state index is -1.01. The number of rotatable bonds is 7. The first-order valence-corrected chi connectivity index (χ1v) is 9.59. The molecule has 4 atom stereocenters. The second-order valence-electron chi connectivity index (χ2n) is 7.02. The summed E-state index contributed by atoms with van der Waals surface area (Å²) in [5.74, 6) is -2.04. The smallest absolute Gasteiger partial charge is 0.303 e. The van der Waals surface area contributed by atoms with Crippen molar-refractivity contribution in [3.63, 3.8) is 0 Å². The predicted octanol–water partition coefficient (Wildman–Crippen LogP) is 1.23. The van der Waals surface area contributed by atoms with E-state index in [9.17, 15) is 19.2 Å². The van der Waals surface area contributed by atoms with Crippen molar-refractivity contribution in [3.8, 4) is 0 Å². The van der Waals surface area contributed by atoms with Gasteiger partial charge < -0.3 is 23.8 Å². The molecule has 1 heterocycles. The van der Waals surface area contributed by atoms with Gasteiger partial charge >= 0.3 is 17.9 Å². The Labute approximate surface area is 175 Å². The van der Waals surface area contributed by atoms with Gasteiger partial charge in [0, 0.05) is 27.7 Å². The first-order chi connectivity index (χ1) is 14.2. The van der Waals surface area contributed by atoms with E-state index in [2.05, 4.69) is 0 Å². The summed E-state index contributed by atoms with van der Waals surface area (Å²) >= 11 is 0. The number of esters is 3. The van der Waals surface area contributed by atoms with E-state index >= 15 is 0 Å². The third kappa shape index (κ3) is 6.55. The molecule has 1 aromatic carbocycles. The van der Waals surface area contributed by atoms with Gasteiger partial charge in [0.15, 0.2) is 6.10 Å². The van der Waals surface area contributed by atoms with Crippen molar-refractivity contribution in [2.24, 2.45) is 0 Å². The van der Waals surface area contributed by atoms with Crippen LogP contribution in [-0.2, 0) is 44.7 Å². The molecule has 0 aliphatic carbocycles. The van der Waals surface area contributed by atoms with E-state index in [1.165, 1.54) is 32.6 Å². The number of carbonyl (C=O) groups is 4. The van der Waals surface area contributed by atoms with Crippen molar-refractivity contribution >= 4 is 23.8 Å². The zero-order valence-electron chi connectivity index (χ0n) is 17.5. The second-order valence-corrected chi connectivity index (χ2v) is 7.02. The van der Waals surface area contributed by atoms with Crippen molar-refractivity contribution in [1.29, 1.82) is 0 Å². The highest BCUT2D eigenvalue weighted by Gasteiger charge is 2.49. The molecule has 1 aliphatic heterocycles. The molecular weight excluding hydrogens is 394 g/mol. The lowest BCUT2D eigenvalue weighted by Crippen LogP contribution is -2.66. The lowest BCUT2D eigenvalue weighted by Gasteiger charge is -2.46. The highest BCUT2D eigenvalue weighted by molar-refractivity contribution is 5.74. The van der Waals surface area contributed by atoms with Gasteiger partial charge in [-0.2, -0.15) is 0 Å². The summed E-state index contributed by atoms with van der Waals surface area (Å²) in [5, 5.41) is 0. The third-order valence-electron chi connectivity index (χ3n) is 4.61. The van der Waals surface area contributed by atoms with Crippen LogP contribution in [0.3, 0.4) is 0 Å². The van der Waals surface area contributed by atoms with Gasteiger partial charge in [0.05, 0.1) is 13.2 Å². The fourth-order valence-electron chi connectivity index (χ4n) is 3.41.